The van der Waals surface area contributed by atoms with Crippen LogP contribution in [0.4, 0.5) is 0 Å². The summed E-state index contributed by atoms with van der Waals surface area (Å²) in [7, 11) is 3.18. The molecule has 1 amide bonds. The third-order valence-electron chi connectivity index (χ3n) is 5.02. The molecule has 0 bridgehead atoms. The summed E-state index contributed by atoms with van der Waals surface area (Å²) in [5.74, 6) is 1.12. The van der Waals surface area contributed by atoms with Crippen LogP contribution in [0.15, 0.2) is 42.9 Å². The third kappa shape index (κ3) is 5.08. The zero-order valence-electron chi connectivity index (χ0n) is 20.0. The van der Waals surface area contributed by atoms with Gasteiger partial charge in [-0.3, -0.25) is 14.8 Å². The van der Waals surface area contributed by atoms with Crippen molar-refractivity contribution in [1.82, 2.24) is 35.1 Å². The first kappa shape index (κ1) is 24.5. The van der Waals surface area contributed by atoms with Crippen LogP contribution in [-0.2, 0) is 4.79 Å². The molecule has 0 spiro atoms. The van der Waals surface area contributed by atoms with Crippen LogP contribution in [0.3, 0.4) is 0 Å². The number of nitrogens with zero attached hydrogens (tertiary/aromatic N) is 7. The first-order valence-corrected chi connectivity index (χ1v) is 11.4. The van der Waals surface area contributed by atoms with E-state index in [9.17, 15) is 0 Å². The second kappa shape index (κ2) is 10.8. The summed E-state index contributed by atoms with van der Waals surface area (Å²) >= 11 is 1.45. The predicted molar refractivity (Wildman–Crippen MR) is 136 cm³/mol. The zero-order valence-corrected chi connectivity index (χ0v) is 20.8. The van der Waals surface area contributed by atoms with Gasteiger partial charge in [0.2, 0.25) is 12.3 Å². The summed E-state index contributed by atoms with van der Waals surface area (Å²) in [6.45, 7) is 3.91. The number of hydrogen-bond acceptors (Lipinski definition) is 11. The second-order valence-corrected chi connectivity index (χ2v) is 8.37. The monoisotopic (exact) mass is 502 g/mol. The normalized spacial score (nSPS) is 10.4. The minimum atomic E-state index is 0.250. The van der Waals surface area contributed by atoms with Crippen molar-refractivity contribution in [3.63, 3.8) is 0 Å². The summed E-state index contributed by atoms with van der Waals surface area (Å²) in [6.07, 6.45) is 5.45. The van der Waals surface area contributed by atoms with Crippen molar-refractivity contribution in [2.45, 2.75) is 13.8 Å². The lowest BCUT2D eigenvalue weighted by Crippen LogP contribution is -1.95. The van der Waals surface area contributed by atoms with Gasteiger partial charge in [0, 0.05) is 34.8 Å². The fourth-order valence-electron chi connectivity index (χ4n) is 3.40. The van der Waals surface area contributed by atoms with Gasteiger partial charge in [0.05, 0.1) is 26.6 Å². The number of fused-ring (bicyclic) bond motifs is 1. The second-order valence-electron chi connectivity index (χ2n) is 7.40. The van der Waals surface area contributed by atoms with Gasteiger partial charge < -0.3 is 15.2 Å². The van der Waals surface area contributed by atoms with Crippen LogP contribution in [0.1, 0.15) is 11.4 Å². The molecule has 0 aliphatic rings. The average Bonchev–Trinajstić information content (AvgIpc) is 3.32. The number of carbonyl (C=O) groups is 1. The Bertz CT molecular complexity index is 1520. The highest BCUT2D eigenvalue weighted by Crippen LogP contribution is 2.39. The molecule has 2 N–H and O–H groups in total. The summed E-state index contributed by atoms with van der Waals surface area (Å²) in [6, 6.07) is 7.56. The minimum Gasteiger partial charge on any atom is -0.494 e. The Morgan fingerprint density at radius 2 is 1.56 bits per heavy atom. The fourth-order valence-corrected chi connectivity index (χ4v) is 4.32. The Kier molecular flexibility index (Phi) is 7.35. The van der Waals surface area contributed by atoms with Crippen LogP contribution >= 0.6 is 11.3 Å². The number of primary amides is 1. The van der Waals surface area contributed by atoms with Crippen LogP contribution in [0.25, 0.3) is 43.6 Å². The van der Waals surface area contributed by atoms with Gasteiger partial charge in [-0.2, -0.15) is 0 Å². The number of aromatic nitrogens is 7. The van der Waals surface area contributed by atoms with E-state index in [0.29, 0.717) is 33.5 Å². The topological polar surface area (TPSA) is 152 Å². The molecular weight excluding hydrogens is 480 g/mol. The van der Waals surface area contributed by atoms with Gasteiger partial charge >= 0.3 is 0 Å². The van der Waals surface area contributed by atoms with Crippen molar-refractivity contribution in [2.24, 2.45) is 5.73 Å². The lowest BCUT2D eigenvalue weighted by molar-refractivity contribution is -0.106. The molecule has 0 aliphatic carbocycles. The minimum absolute atomic E-state index is 0.250. The molecule has 5 rings (SSSR count). The molecule has 5 heterocycles. The van der Waals surface area contributed by atoms with E-state index in [4.69, 9.17) is 24.2 Å². The molecule has 12 heteroatoms. The molecule has 0 saturated heterocycles. The Morgan fingerprint density at radius 1 is 0.833 bits per heavy atom. The highest BCUT2D eigenvalue weighted by atomic mass is 32.1. The maximum absolute atomic E-state index is 8.58. The SMILES string of the molecule is COc1ccc(-c2cnc3nc(-c4cnc(C)cc4-c4cc(C)ncc4OC)sc3n2)nn1.NC=O. The van der Waals surface area contributed by atoms with Gasteiger partial charge in [0.1, 0.15) is 22.1 Å². The Labute approximate surface area is 210 Å². The number of methoxy groups -OCH3 is 2. The molecule has 0 radical (unpaired) electrons. The number of nitrogens with two attached hydrogens (primary N) is 1. The molecular formula is C24H22N8O3S. The van der Waals surface area contributed by atoms with E-state index in [1.54, 1.807) is 38.7 Å². The standard InChI is InChI=1S/C23H19N7O2S.CH3NO/c1-12-7-14(15-8-13(2)25-11-19(15)31-3)16(9-24-12)22-28-21-23(33-22)27-18(10-26-21)17-5-6-20(32-4)30-29-17;2-1-3/h5-11H,1-4H3;1H,(H2,2,3). The van der Waals surface area contributed by atoms with Crippen LogP contribution in [0.5, 0.6) is 11.6 Å². The van der Waals surface area contributed by atoms with Gasteiger partial charge in [-0.05, 0) is 37.6 Å². The van der Waals surface area contributed by atoms with Crippen molar-refractivity contribution >= 4 is 28.2 Å². The summed E-state index contributed by atoms with van der Waals surface area (Å²) in [5, 5.41) is 8.93. The lowest BCUT2D eigenvalue weighted by Gasteiger charge is -2.12. The number of aryl methyl sites for hydroxylation is 2. The number of hydrogen-bond donors (Lipinski definition) is 1. The van der Waals surface area contributed by atoms with Gasteiger partial charge in [-0.15, -0.1) is 10.2 Å². The van der Waals surface area contributed by atoms with Crippen LogP contribution in [0, 0.1) is 13.8 Å². The molecule has 11 nitrogen and oxygen atoms in total. The number of pyridine rings is 2. The molecule has 0 aliphatic heterocycles. The third-order valence-corrected chi connectivity index (χ3v) is 5.99. The van der Waals surface area contributed by atoms with Crippen LogP contribution in [0.2, 0.25) is 0 Å². The summed E-state index contributed by atoms with van der Waals surface area (Å²) < 4.78 is 10.7. The molecule has 0 saturated carbocycles. The molecule has 182 valence electrons. The number of amides is 1. The molecule has 0 atom stereocenters. The number of rotatable bonds is 5. The van der Waals surface area contributed by atoms with E-state index in [0.717, 1.165) is 33.1 Å². The fraction of sp³-hybridized carbons (Fsp3) is 0.167. The largest absolute Gasteiger partial charge is 0.494 e. The number of thiazole rings is 1. The van der Waals surface area contributed by atoms with Crippen molar-refractivity contribution in [3.8, 4) is 44.7 Å². The highest BCUT2D eigenvalue weighted by Gasteiger charge is 2.18. The number of ether oxygens (including phenoxy) is 2. The van der Waals surface area contributed by atoms with Gasteiger partial charge in [0.15, 0.2) is 10.5 Å². The molecule has 0 aromatic carbocycles. The molecule has 0 fully saturated rings. The first-order valence-electron chi connectivity index (χ1n) is 10.6. The van der Waals surface area contributed by atoms with Crippen LogP contribution < -0.4 is 15.2 Å². The summed E-state index contributed by atoms with van der Waals surface area (Å²) in [4.78, 5) is 32.1. The maximum Gasteiger partial charge on any atom is 0.233 e. The van der Waals surface area contributed by atoms with E-state index in [2.05, 4.69) is 30.9 Å². The first-order chi connectivity index (χ1) is 17.5. The quantitative estimate of drug-likeness (QED) is 0.354. The molecule has 36 heavy (non-hydrogen) atoms. The van der Waals surface area contributed by atoms with Crippen molar-refractivity contribution < 1.29 is 14.3 Å². The zero-order chi connectivity index (χ0) is 25.7. The van der Waals surface area contributed by atoms with E-state index >= 15 is 0 Å². The van der Waals surface area contributed by atoms with E-state index in [-0.39, 0.29) is 6.41 Å². The van der Waals surface area contributed by atoms with E-state index in [1.165, 1.54) is 11.3 Å². The molecule has 5 aromatic heterocycles. The van der Waals surface area contributed by atoms with Gasteiger partial charge in [-0.1, -0.05) is 11.3 Å². The maximum atomic E-state index is 8.58. The van der Waals surface area contributed by atoms with Crippen molar-refractivity contribution in [3.05, 3.63) is 54.2 Å². The lowest BCUT2D eigenvalue weighted by atomic mass is 10.0. The van der Waals surface area contributed by atoms with Gasteiger partial charge in [0.25, 0.3) is 0 Å². The van der Waals surface area contributed by atoms with Crippen LogP contribution in [-0.4, -0.2) is 55.7 Å². The van der Waals surface area contributed by atoms with E-state index < -0.39 is 0 Å². The number of carbonyl (C=O) groups excluding carboxylic acids is 1. The smallest absolute Gasteiger partial charge is 0.233 e. The Morgan fingerprint density at radius 3 is 2.22 bits per heavy atom. The molecule has 5 aromatic rings. The average molecular weight is 503 g/mol. The molecule has 0 unspecified atom stereocenters. The van der Waals surface area contributed by atoms with Gasteiger partial charge in [-0.25, -0.2) is 15.0 Å². The Hall–Kier alpha value is -4.58. The summed E-state index contributed by atoms with van der Waals surface area (Å²) in [5.41, 5.74) is 10.5. The van der Waals surface area contributed by atoms with Crippen molar-refractivity contribution in [1.29, 1.82) is 0 Å². The highest BCUT2D eigenvalue weighted by molar-refractivity contribution is 7.21. The Balaban J connectivity index is 0.000000967. The van der Waals surface area contributed by atoms with Crippen molar-refractivity contribution in [2.75, 3.05) is 14.2 Å². The van der Waals surface area contributed by atoms with E-state index in [1.807, 2.05) is 32.2 Å². The predicted octanol–water partition coefficient (Wildman–Crippen LogP) is 3.40.